The van der Waals surface area contributed by atoms with Crippen LogP contribution in [-0.2, 0) is 14.3 Å². The van der Waals surface area contributed by atoms with Gasteiger partial charge in [-0.2, -0.15) is 0 Å². The van der Waals surface area contributed by atoms with Crippen LogP contribution in [0.5, 0.6) is 0 Å². The lowest BCUT2D eigenvalue weighted by atomic mass is 9.47. The lowest BCUT2D eigenvalue weighted by molar-refractivity contribution is -0.159. The summed E-state index contributed by atoms with van der Waals surface area (Å²) >= 11 is 0. The zero-order valence-corrected chi connectivity index (χ0v) is 19.0. The molecule has 0 aromatic carbocycles. The van der Waals surface area contributed by atoms with Crippen molar-refractivity contribution in [3.05, 3.63) is 24.8 Å². The van der Waals surface area contributed by atoms with Crippen molar-refractivity contribution in [3.8, 4) is 0 Å². The van der Waals surface area contributed by atoms with Gasteiger partial charge in [-0.15, -0.1) is 6.58 Å². The second kappa shape index (κ2) is 7.94. The van der Waals surface area contributed by atoms with Gasteiger partial charge in [0.2, 0.25) is 0 Å². The summed E-state index contributed by atoms with van der Waals surface area (Å²) in [7, 11) is 0. The lowest BCUT2D eigenvalue weighted by Gasteiger charge is -2.57. The summed E-state index contributed by atoms with van der Waals surface area (Å²) in [5, 5.41) is 11.4. The topological polar surface area (TPSA) is 55.8 Å². The van der Waals surface area contributed by atoms with Crippen molar-refractivity contribution in [1.82, 2.24) is 0 Å². The SMILES string of the molecule is C=C[C@@](C)(CC)[C@@H](O)C(=C)[C@]12CC[C@@H](C3OCCO3)C1[C@](C)(C(C)=O)[C@H](C)CC2. The fourth-order valence-electron chi connectivity index (χ4n) is 6.66. The minimum atomic E-state index is -0.679. The maximum absolute atomic E-state index is 13.1. The van der Waals surface area contributed by atoms with Crippen LogP contribution in [-0.4, -0.2) is 36.5 Å². The zero-order chi connectivity index (χ0) is 21.6. The van der Waals surface area contributed by atoms with Gasteiger partial charge in [0.15, 0.2) is 6.29 Å². The maximum Gasteiger partial charge on any atom is 0.160 e. The third kappa shape index (κ3) is 3.26. The minimum absolute atomic E-state index is 0.0624. The average molecular weight is 405 g/mol. The largest absolute Gasteiger partial charge is 0.388 e. The van der Waals surface area contributed by atoms with Gasteiger partial charge in [0.25, 0.3) is 0 Å². The molecule has 164 valence electrons. The Labute approximate surface area is 176 Å². The zero-order valence-electron chi connectivity index (χ0n) is 19.0. The lowest BCUT2D eigenvalue weighted by Crippen LogP contribution is -2.56. The van der Waals surface area contributed by atoms with E-state index in [1.54, 1.807) is 6.92 Å². The molecule has 2 aliphatic carbocycles. The van der Waals surface area contributed by atoms with E-state index in [4.69, 9.17) is 9.47 Å². The molecule has 2 saturated carbocycles. The molecule has 0 radical (unpaired) electrons. The van der Waals surface area contributed by atoms with Crippen molar-refractivity contribution in [1.29, 1.82) is 0 Å². The first kappa shape index (κ1) is 22.7. The van der Waals surface area contributed by atoms with E-state index in [1.165, 1.54) is 0 Å². The number of hydrogen-bond acceptors (Lipinski definition) is 4. The molecule has 1 N–H and O–H groups in total. The average Bonchev–Trinajstić information content (AvgIpc) is 3.37. The number of ether oxygens (including phenoxy) is 2. The molecule has 4 nitrogen and oxygen atoms in total. The Balaban J connectivity index is 2.09. The van der Waals surface area contributed by atoms with Crippen LogP contribution in [0.15, 0.2) is 24.8 Å². The second-order valence-electron chi connectivity index (χ2n) is 10.2. The van der Waals surface area contributed by atoms with E-state index in [9.17, 15) is 9.90 Å². The third-order valence-electron chi connectivity index (χ3n) is 9.22. The van der Waals surface area contributed by atoms with Crippen LogP contribution in [0.4, 0.5) is 0 Å². The molecule has 0 aromatic heterocycles. The number of aliphatic hydroxyl groups is 1. The number of rotatable bonds is 7. The fourth-order valence-corrected chi connectivity index (χ4v) is 6.66. The molecule has 0 amide bonds. The molecular formula is C25H40O4. The van der Waals surface area contributed by atoms with Crippen LogP contribution in [0.2, 0.25) is 0 Å². The Hall–Kier alpha value is -0.970. The van der Waals surface area contributed by atoms with Gasteiger partial charge in [-0.3, -0.25) is 4.79 Å². The Bertz CT molecular complexity index is 666. The van der Waals surface area contributed by atoms with Crippen molar-refractivity contribution in [2.24, 2.45) is 34.0 Å². The van der Waals surface area contributed by atoms with Gasteiger partial charge in [-0.25, -0.2) is 0 Å². The molecule has 1 aliphatic heterocycles. The Morgan fingerprint density at radius 1 is 1.31 bits per heavy atom. The predicted molar refractivity (Wildman–Crippen MR) is 115 cm³/mol. The summed E-state index contributed by atoms with van der Waals surface area (Å²) in [5.41, 5.74) is -0.295. The molecule has 3 fully saturated rings. The normalized spacial score (nSPS) is 40.8. The van der Waals surface area contributed by atoms with Crippen molar-refractivity contribution in [3.63, 3.8) is 0 Å². The van der Waals surface area contributed by atoms with E-state index in [0.717, 1.165) is 37.7 Å². The first-order valence-electron chi connectivity index (χ1n) is 11.3. The quantitative estimate of drug-likeness (QED) is 0.612. The summed E-state index contributed by atoms with van der Waals surface area (Å²) in [6.45, 7) is 19.9. The van der Waals surface area contributed by atoms with E-state index in [0.29, 0.717) is 13.2 Å². The van der Waals surface area contributed by atoms with Gasteiger partial charge in [0, 0.05) is 16.7 Å². The molecule has 3 rings (SSSR count). The highest BCUT2D eigenvalue weighted by molar-refractivity contribution is 5.83. The van der Waals surface area contributed by atoms with Gasteiger partial charge in [0.05, 0.1) is 19.3 Å². The van der Waals surface area contributed by atoms with Crippen LogP contribution in [0.25, 0.3) is 0 Å². The molecule has 1 unspecified atom stereocenters. The molecule has 7 atom stereocenters. The first-order valence-corrected chi connectivity index (χ1v) is 11.3. The highest BCUT2D eigenvalue weighted by Crippen LogP contribution is 2.68. The number of aliphatic hydroxyl groups excluding tert-OH is 1. The summed E-state index contributed by atoms with van der Waals surface area (Å²) in [6, 6.07) is 0. The van der Waals surface area contributed by atoms with Crippen LogP contribution in [0.1, 0.15) is 66.7 Å². The summed E-state index contributed by atoms with van der Waals surface area (Å²) in [4.78, 5) is 13.1. The van der Waals surface area contributed by atoms with Gasteiger partial charge >= 0.3 is 0 Å². The smallest absolute Gasteiger partial charge is 0.160 e. The first-order chi connectivity index (χ1) is 13.6. The summed E-state index contributed by atoms with van der Waals surface area (Å²) in [6.07, 6.45) is 5.50. The Morgan fingerprint density at radius 2 is 1.90 bits per heavy atom. The van der Waals surface area contributed by atoms with Crippen molar-refractivity contribution in [2.45, 2.75) is 79.1 Å². The number of carbonyl (C=O) groups excluding carboxylic acids is 1. The highest BCUT2D eigenvalue weighted by atomic mass is 16.7. The van der Waals surface area contributed by atoms with Gasteiger partial charge in [-0.05, 0) is 61.9 Å². The third-order valence-corrected chi connectivity index (χ3v) is 9.22. The van der Waals surface area contributed by atoms with Crippen LogP contribution in [0, 0.1) is 34.0 Å². The molecule has 3 aliphatic rings. The number of hydrogen-bond donors (Lipinski definition) is 1. The van der Waals surface area contributed by atoms with Crippen molar-refractivity contribution < 1.29 is 19.4 Å². The summed E-state index contributed by atoms with van der Waals surface area (Å²) < 4.78 is 11.9. The number of fused-ring (bicyclic) bond motifs is 1. The highest BCUT2D eigenvalue weighted by Gasteiger charge is 2.65. The van der Waals surface area contributed by atoms with E-state index in [2.05, 4.69) is 33.9 Å². The molecule has 0 bridgehead atoms. The molecular weight excluding hydrogens is 364 g/mol. The predicted octanol–water partition coefficient (Wildman–Crippen LogP) is 4.92. The van der Waals surface area contributed by atoms with Gasteiger partial charge < -0.3 is 14.6 Å². The van der Waals surface area contributed by atoms with E-state index in [-0.39, 0.29) is 35.2 Å². The number of ketones is 1. The Morgan fingerprint density at radius 3 is 2.41 bits per heavy atom. The monoisotopic (exact) mass is 404 g/mol. The van der Waals surface area contributed by atoms with E-state index in [1.807, 2.05) is 13.0 Å². The van der Waals surface area contributed by atoms with Gasteiger partial charge in [-0.1, -0.05) is 40.3 Å². The Kier molecular flexibility index (Phi) is 6.22. The number of carbonyl (C=O) groups is 1. The fraction of sp³-hybridized carbons (Fsp3) is 0.800. The van der Waals surface area contributed by atoms with E-state index >= 15 is 0 Å². The molecule has 1 heterocycles. The minimum Gasteiger partial charge on any atom is -0.388 e. The molecule has 0 aromatic rings. The standard InChI is InChI=1S/C25H40O4/c1-8-23(6,9-2)21(27)17(4)25-12-10-16(3)24(7,18(5)26)20(25)19(11-13-25)22-28-14-15-29-22/h8,16,19-22,27H,1,4,9-15H2,2-3,5-7H3/t16-,19-,20?,21+,23+,24+,25+/m1/s1. The van der Waals surface area contributed by atoms with Crippen molar-refractivity contribution in [2.75, 3.05) is 13.2 Å². The van der Waals surface area contributed by atoms with Crippen LogP contribution in [0.3, 0.4) is 0 Å². The molecule has 29 heavy (non-hydrogen) atoms. The second-order valence-corrected chi connectivity index (χ2v) is 10.2. The maximum atomic E-state index is 13.1. The molecule has 4 heteroatoms. The number of Topliss-reactive ketones (excluding diaryl/α,β-unsaturated/α-hetero) is 1. The van der Waals surface area contributed by atoms with Gasteiger partial charge in [0.1, 0.15) is 5.78 Å². The van der Waals surface area contributed by atoms with Crippen LogP contribution < -0.4 is 0 Å². The molecule has 1 saturated heterocycles. The summed E-state index contributed by atoms with van der Waals surface area (Å²) in [5.74, 6) is 0.720. The molecule has 0 spiro atoms. The van der Waals surface area contributed by atoms with E-state index < -0.39 is 16.9 Å². The van der Waals surface area contributed by atoms with Crippen LogP contribution >= 0.6 is 0 Å². The van der Waals surface area contributed by atoms with Crippen molar-refractivity contribution >= 4 is 5.78 Å².